The molecule has 0 bridgehead atoms. The van der Waals surface area contributed by atoms with Crippen molar-refractivity contribution in [2.24, 2.45) is 0 Å². The Labute approximate surface area is 204 Å². The average Bonchev–Trinajstić information content (AvgIpc) is 3.58. The average molecular weight is 483 g/mol. The Morgan fingerprint density at radius 3 is 2.57 bits per heavy atom. The summed E-state index contributed by atoms with van der Waals surface area (Å²) in [6.45, 7) is 4.22. The molecule has 3 aromatic rings. The van der Waals surface area contributed by atoms with Crippen LogP contribution < -0.4 is 14.4 Å². The molecule has 186 valence electrons. The van der Waals surface area contributed by atoms with E-state index in [0.717, 1.165) is 43.9 Å². The minimum atomic E-state index is -0.200. The number of halogens is 1. The molecule has 2 atom stereocenters. The fourth-order valence-corrected chi connectivity index (χ4v) is 4.99. The van der Waals surface area contributed by atoms with E-state index in [9.17, 15) is 4.39 Å². The fraction of sp³-hybridized carbons (Fsp3) is 0.480. The second kappa shape index (κ2) is 10.6. The van der Waals surface area contributed by atoms with Gasteiger partial charge in [-0.15, -0.1) is 5.10 Å². The highest BCUT2D eigenvalue weighted by atomic mass is 19.1. The first-order valence-corrected chi connectivity index (χ1v) is 12.0. The van der Waals surface area contributed by atoms with Gasteiger partial charge in [0.2, 0.25) is 0 Å². The highest BCUT2D eigenvalue weighted by Crippen LogP contribution is 2.35. The molecule has 0 amide bonds. The number of para-hydroxylation sites is 1. The maximum absolute atomic E-state index is 14.4. The maximum atomic E-state index is 14.4. The van der Waals surface area contributed by atoms with Crippen LogP contribution in [0.25, 0.3) is 0 Å². The first kappa shape index (κ1) is 23.5. The number of benzene rings is 2. The second-order valence-electron chi connectivity index (χ2n) is 8.85. The SMILES string of the molecule is COc1ccc(C(c2nnnn2CC2CCCO2)N2CCN(c3ccccc3F)CC2)cc1OC. The molecule has 1 aromatic heterocycles. The van der Waals surface area contributed by atoms with Crippen LogP contribution in [0.4, 0.5) is 10.1 Å². The minimum absolute atomic E-state index is 0.112. The van der Waals surface area contributed by atoms with Crippen molar-refractivity contribution in [3.63, 3.8) is 0 Å². The number of tetrazole rings is 1. The second-order valence-corrected chi connectivity index (χ2v) is 8.85. The van der Waals surface area contributed by atoms with Crippen molar-refractivity contribution in [3.8, 4) is 11.5 Å². The molecule has 2 unspecified atom stereocenters. The summed E-state index contributed by atoms with van der Waals surface area (Å²) in [7, 11) is 3.25. The predicted molar refractivity (Wildman–Crippen MR) is 128 cm³/mol. The summed E-state index contributed by atoms with van der Waals surface area (Å²) in [5.74, 6) is 1.88. The normalized spacial score (nSPS) is 19.6. The molecule has 2 saturated heterocycles. The van der Waals surface area contributed by atoms with E-state index in [-0.39, 0.29) is 18.0 Å². The summed E-state index contributed by atoms with van der Waals surface area (Å²) < 4.78 is 33.1. The van der Waals surface area contributed by atoms with Crippen molar-refractivity contribution < 1.29 is 18.6 Å². The summed E-state index contributed by atoms with van der Waals surface area (Å²) in [4.78, 5) is 4.43. The van der Waals surface area contributed by atoms with E-state index >= 15 is 0 Å². The number of hydrogen-bond donors (Lipinski definition) is 0. The molecule has 2 aromatic carbocycles. The molecular weight excluding hydrogens is 451 g/mol. The molecule has 10 heteroatoms. The third-order valence-electron chi connectivity index (χ3n) is 6.80. The van der Waals surface area contributed by atoms with E-state index in [4.69, 9.17) is 14.2 Å². The Bertz CT molecular complexity index is 1130. The predicted octanol–water partition coefficient (Wildman–Crippen LogP) is 2.92. The number of aromatic nitrogens is 4. The Kier molecular flexibility index (Phi) is 7.10. The van der Waals surface area contributed by atoms with Crippen molar-refractivity contribution in [2.75, 3.05) is 51.9 Å². The Morgan fingerprint density at radius 2 is 1.86 bits per heavy atom. The van der Waals surface area contributed by atoms with Crippen LogP contribution in [0.2, 0.25) is 0 Å². The van der Waals surface area contributed by atoms with Crippen LogP contribution in [0, 0.1) is 5.82 Å². The summed E-state index contributed by atoms with van der Waals surface area (Å²) in [6, 6.07) is 12.6. The van der Waals surface area contributed by atoms with Gasteiger partial charge in [-0.3, -0.25) is 4.90 Å². The number of nitrogens with zero attached hydrogens (tertiary/aromatic N) is 6. The first-order chi connectivity index (χ1) is 17.2. The number of anilines is 1. The Hall–Kier alpha value is -3.24. The summed E-state index contributed by atoms with van der Waals surface area (Å²) in [5, 5.41) is 12.8. The number of methoxy groups -OCH3 is 2. The van der Waals surface area contributed by atoms with E-state index in [0.29, 0.717) is 36.8 Å². The molecule has 0 saturated carbocycles. The molecule has 2 aliphatic rings. The Balaban J connectivity index is 1.45. The van der Waals surface area contributed by atoms with Crippen molar-refractivity contribution >= 4 is 5.69 Å². The molecular formula is C25H31FN6O3. The summed E-state index contributed by atoms with van der Waals surface area (Å²) >= 11 is 0. The highest BCUT2D eigenvalue weighted by Gasteiger charge is 2.32. The van der Waals surface area contributed by atoms with Gasteiger partial charge in [0.05, 0.1) is 38.6 Å². The van der Waals surface area contributed by atoms with Gasteiger partial charge in [0.15, 0.2) is 17.3 Å². The maximum Gasteiger partial charge on any atom is 0.173 e. The first-order valence-electron chi connectivity index (χ1n) is 12.0. The third kappa shape index (κ3) is 4.94. The Morgan fingerprint density at radius 1 is 1.06 bits per heavy atom. The number of hydrogen-bond acceptors (Lipinski definition) is 8. The molecule has 9 nitrogen and oxygen atoms in total. The van der Waals surface area contributed by atoms with Crippen LogP contribution in [-0.4, -0.2) is 78.2 Å². The van der Waals surface area contributed by atoms with Crippen LogP contribution in [0.15, 0.2) is 42.5 Å². The van der Waals surface area contributed by atoms with Crippen molar-refractivity contribution in [3.05, 3.63) is 59.7 Å². The van der Waals surface area contributed by atoms with Gasteiger partial charge in [0.1, 0.15) is 5.82 Å². The lowest BCUT2D eigenvalue weighted by Crippen LogP contribution is -2.48. The summed E-state index contributed by atoms with van der Waals surface area (Å²) in [5.41, 5.74) is 1.64. The summed E-state index contributed by atoms with van der Waals surface area (Å²) in [6.07, 6.45) is 2.17. The zero-order valence-electron chi connectivity index (χ0n) is 20.1. The van der Waals surface area contributed by atoms with Crippen molar-refractivity contribution in [2.45, 2.75) is 31.5 Å². The minimum Gasteiger partial charge on any atom is -0.493 e. The van der Waals surface area contributed by atoms with Crippen LogP contribution in [-0.2, 0) is 11.3 Å². The van der Waals surface area contributed by atoms with Crippen LogP contribution in [0.5, 0.6) is 11.5 Å². The lowest BCUT2D eigenvalue weighted by Gasteiger charge is -2.40. The van der Waals surface area contributed by atoms with Crippen LogP contribution >= 0.6 is 0 Å². The highest BCUT2D eigenvalue weighted by molar-refractivity contribution is 5.48. The lowest BCUT2D eigenvalue weighted by atomic mass is 10.0. The topological polar surface area (TPSA) is 77.8 Å². The molecule has 2 aliphatic heterocycles. The van der Waals surface area contributed by atoms with E-state index in [1.54, 1.807) is 20.3 Å². The molecule has 3 heterocycles. The molecule has 0 aliphatic carbocycles. The van der Waals surface area contributed by atoms with E-state index in [1.165, 1.54) is 6.07 Å². The quantitative estimate of drug-likeness (QED) is 0.485. The van der Waals surface area contributed by atoms with Gasteiger partial charge >= 0.3 is 0 Å². The van der Waals surface area contributed by atoms with Crippen molar-refractivity contribution in [1.82, 2.24) is 25.1 Å². The molecule has 0 N–H and O–H groups in total. The number of piperazine rings is 1. The van der Waals surface area contributed by atoms with Crippen LogP contribution in [0.1, 0.15) is 30.3 Å². The lowest BCUT2D eigenvalue weighted by molar-refractivity contribution is 0.0906. The van der Waals surface area contributed by atoms with Gasteiger partial charge in [0.25, 0.3) is 0 Å². The number of ether oxygens (including phenoxy) is 3. The monoisotopic (exact) mass is 482 g/mol. The molecule has 2 fully saturated rings. The largest absolute Gasteiger partial charge is 0.493 e. The molecule has 35 heavy (non-hydrogen) atoms. The van der Waals surface area contributed by atoms with Gasteiger partial charge in [-0.25, -0.2) is 9.07 Å². The van der Waals surface area contributed by atoms with E-state index < -0.39 is 0 Å². The van der Waals surface area contributed by atoms with Gasteiger partial charge in [0, 0.05) is 32.8 Å². The van der Waals surface area contributed by atoms with Gasteiger partial charge < -0.3 is 19.1 Å². The zero-order valence-corrected chi connectivity index (χ0v) is 20.1. The van der Waals surface area contributed by atoms with Gasteiger partial charge in [-0.1, -0.05) is 18.2 Å². The third-order valence-corrected chi connectivity index (χ3v) is 6.80. The van der Waals surface area contributed by atoms with E-state index in [1.807, 2.05) is 35.0 Å². The number of rotatable bonds is 8. The standard InChI is InChI=1S/C25H31FN6O3/c1-33-22-10-9-18(16-23(22)34-2)24(25-27-28-29-32(25)17-19-6-5-15-35-19)31-13-11-30(12-14-31)21-8-4-3-7-20(21)26/h3-4,7-10,16,19,24H,5-6,11-15,17H2,1-2H3. The molecule has 0 radical (unpaired) electrons. The van der Waals surface area contributed by atoms with Crippen LogP contribution in [0.3, 0.4) is 0 Å². The fourth-order valence-electron chi connectivity index (χ4n) is 4.99. The van der Waals surface area contributed by atoms with Gasteiger partial charge in [-0.2, -0.15) is 0 Å². The van der Waals surface area contributed by atoms with Gasteiger partial charge in [-0.05, 0) is 53.1 Å². The molecule has 5 rings (SSSR count). The van der Waals surface area contributed by atoms with Crippen molar-refractivity contribution in [1.29, 1.82) is 0 Å². The smallest absolute Gasteiger partial charge is 0.173 e. The van der Waals surface area contributed by atoms with E-state index in [2.05, 4.69) is 25.3 Å². The zero-order chi connectivity index (χ0) is 24.2. The molecule has 0 spiro atoms.